The minimum Gasteiger partial charge on any atom is -0.277 e. The minimum atomic E-state index is 0.125. The summed E-state index contributed by atoms with van der Waals surface area (Å²) in [7, 11) is 0. The number of carbonyl (C=O) groups is 1. The van der Waals surface area contributed by atoms with E-state index < -0.39 is 0 Å². The average molecular weight is 414 g/mol. The van der Waals surface area contributed by atoms with Gasteiger partial charge in [-0.1, -0.05) is 70.3 Å². The van der Waals surface area contributed by atoms with Crippen molar-refractivity contribution in [2.45, 2.75) is 104 Å². The number of fused-ring (bicyclic) bond motifs is 5. The predicted octanol–water partition coefficient (Wildman–Crippen LogP) is 6.75. The van der Waals surface area contributed by atoms with Crippen LogP contribution in [0.2, 0.25) is 0 Å². The molecule has 30 heavy (non-hydrogen) atoms. The van der Waals surface area contributed by atoms with Crippen LogP contribution in [-0.2, 0) is 9.63 Å². The second-order valence-corrected chi connectivity index (χ2v) is 11.6. The Kier molecular flexibility index (Phi) is 6.49. The summed E-state index contributed by atoms with van der Waals surface area (Å²) < 4.78 is 0. The number of amides is 1. The maximum atomic E-state index is 10.6. The van der Waals surface area contributed by atoms with E-state index in [1.54, 1.807) is 11.1 Å². The van der Waals surface area contributed by atoms with Gasteiger partial charge >= 0.3 is 0 Å². The zero-order valence-corrected chi connectivity index (χ0v) is 19.7. The Morgan fingerprint density at radius 3 is 2.70 bits per heavy atom. The molecule has 4 aliphatic rings. The molecule has 4 aliphatic carbocycles. The molecule has 168 valence electrons. The maximum Gasteiger partial charge on any atom is 0.230 e. The molecular formula is C27H43NO2. The quantitative estimate of drug-likeness (QED) is 0.271. The van der Waals surface area contributed by atoms with Gasteiger partial charge in [0.25, 0.3) is 0 Å². The third kappa shape index (κ3) is 3.92. The molecular weight excluding hydrogens is 370 g/mol. The molecule has 0 aliphatic heterocycles. The van der Waals surface area contributed by atoms with Gasteiger partial charge in [-0.3, -0.25) is 9.63 Å². The van der Waals surface area contributed by atoms with Crippen LogP contribution < -0.4 is 5.48 Å². The molecule has 3 nitrogen and oxygen atoms in total. The molecule has 4 rings (SSSR count). The summed E-state index contributed by atoms with van der Waals surface area (Å²) >= 11 is 0. The van der Waals surface area contributed by atoms with E-state index in [1.165, 1.54) is 57.8 Å². The second kappa shape index (κ2) is 8.81. The van der Waals surface area contributed by atoms with Gasteiger partial charge in [-0.2, -0.15) is 0 Å². The van der Waals surface area contributed by atoms with Crippen molar-refractivity contribution in [3.05, 3.63) is 23.3 Å². The third-order valence-electron chi connectivity index (χ3n) is 9.59. The zero-order chi connectivity index (χ0) is 21.4. The lowest BCUT2D eigenvalue weighted by molar-refractivity contribution is -0.127. The monoisotopic (exact) mass is 413 g/mol. The first-order valence-corrected chi connectivity index (χ1v) is 12.6. The Morgan fingerprint density at radius 2 is 1.93 bits per heavy atom. The van der Waals surface area contributed by atoms with E-state index in [4.69, 9.17) is 4.84 Å². The highest BCUT2D eigenvalue weighted by Crippen LogP contribution is 2.65. The SMILES string of the molecule is CC(C)CCCCC1CCC2C3=CC=C4CC(ONC=O)CCC4(C)C3CCC12C. The van der Waals surface area contributed by atoms with E-state index in [0.29, 0.717) is 17.2 Å². The molecule has 1 amide bonds. The molecule has 1 N–H and O–H groups in total. The molecule has 6 unspecified atom stereocenters. The summed E-state index contributed by atoms with van der Waals surface area (Å²) in [5.74, 6) is 3.28. The number of rotatable bonds is 8. The Hall–Kier alpha value is -1.09. The average Bonchev–Trinajstić information content (AvgIpc) is 3.05. The number of carbonyl (C=O) groups excluding carboxylic acids is 1. The highest BCUT2D eigenvalue weighted by Gasteiger charge is 2.56. The molecule has 3 saturated carbocycles. The fourth-order valence-corrected chi connectivity index (χ4v) is 7.72. The summed E-state index contributed by atoms with van der Waals surface area (Å²) in [6.45, 7) is 9.85. The molecule has 3 fully saturated rings. The van der Waals surface area contributed by atoms with Crippen LogP contribution in [0.3, 0.4) is 0 Å². The summed E-state index contributed by atoms with van der Waals surface area (Å²) in [6.07, 6.45) is 20.2. The summed E-state index contributed by atoms with van der Waals surface area (Å²) in [5, 5.41) is 0. The van der Waals surface area contributed by atoms with Crippen molar-refractivity contribution >= 4 is 6.41 Å². The highest BCUT2D eigenvalue weighted by atomic mass is 16.7. The fraction of sp³-hybridized carbons (Fsp3) is 0.815. The fourth-order valence-electron chi connectivity index (χ4n) is 7.72. The van der Waals surface area contributed by atoms with E-state index >= 15 is 0 Å². The topological polar surface area (TPSA) is 38.3 Å². The molecule has 0 aromatic rings. The van der Waals surface area contributed by atoms with Gasteiger partial charge in [0.05, 0.1) is 6.10 Å². The van der Waals surface area contributed by atoms with Crippen LogP contribution in [-0.4, -0.2) is 12.5 Å². The Balaban J connectivity index is 1.46. The molecule has 6 atom stereocenters. The van der Waals surface area contributed by atoms with E-state index in [9.17, 15) is 4.79 Å². The summed E-state index contributed by atoms with van der Waals surface area (Å²) in [5.41, 5.74) is 6.57. The van der Waals surface area contributed by atoms with Crippen LogP contribution in [0, 0.1) is 34.5 Å². The third-order valence-corrected chi connectivity index (χ3v) is 9.59. The van der Waals surface area contributed by atoms with E-state index in [-0.39, 0.29) is 6.10 Å². The number of nitrogens with one attached hydrogen (secondary N) is 1. The van der Waals surface area contributed by atoms with Gasteiger partial charge in [0, 0.05) is 0 Å². The van der Waals surface area contributed by atoms with Gasteiger partial charge in [-0.15, -0.1) is 0 Å². The maximum absolute atomic E-state index is 10.6. The van der Waals surface area contributed by atoms with Gasteiger partial charge < -0.3 is 0 Å². The lowest BCUT2D eigenvalue weighted by atomic mass is 9.50. The molecule has 0 spiro atoms. The van der Waals surface area contributed by atoms with E-state index in [0.717, 1.165) is 36.5 Å². The highest BCUT2D eigenvalue weighted by molar-refractivity contribution is 5.44. The number of hydrogen-bond acceptors (Lipinski definition) is 2. The molecule has 0 radical (unpaired) electrons. The molecule has 0 bridgehead atoms. The van der Waals surface area contributed by atoms with Gasteiger partial charge in [0.2, 0.25) is 6.41 Å². The molecule has 0 heterocycles. The zero-order valence-electron chi connectivity index (χ0n) is 19.7. The number of allylic oxidation sites excluding steroid dienone is 3. The smallest absolute Gasteiger partial charge is 0.230 e. The minimum absolute atomic E-state index is 0.125. The predicted molar refractivity (Wildman–Crippen MR) is 123 cm³/mol. The van der Waals surface area contributed by atoms with Gasteiger partial charge in [-0.25, -0.2) is 5.48 Å². The van der Waals surface area contributed by atoms with Crippen molar-refractivity contribution in [1.82, 2.24) is 5.48 Å². The van der Waals surface area contributed by atoms with Crippen LogP contribution in [0.1, 0.15) is 98.3 Å². The Morgan fingerprint density at radius 1 is 1.10 bits per heavy atom. The van der Waals surface area contributed by atoms with Gasteiger partial charge in [0.1, 0.15) is 0 Å². The van der Waals surface area contributed by atoms with Gasteiger partial charge in [0.15, 0.2) is 0 Å². The summed E-state index contributed by atoms with van der Waals surface area (Å²) in [4.78, 5) is 16.1. The first kappa shape index (κ1) is 22.1. The van der Waals surface area contributed by atoms with Crippen LogP contribution in [0.15, 0.2) is 23.3 Å². The standard InChI is InChI=1S/C27H43NO2/c1-19(2)7-5-6-8-20-10-12-24-23-11-9-21-17-22(30-28-18-29)13-15-27(21,4)25(23)14-16-26(20,24)3/h9,11,18-20,22,24-25H,5-8,10,12-17H2,1-4H3,(H,28,29). The Labute approximate surface area is 184 Å². The normalized spacial score (nSPS) is 40.2. The Bertz CT molecular complexity index is 695. The molecule has 0 saturated heterocycles. The van der Waals surface area contributed by atoms with Crippen LogP contribution in [0.25, 0.3) is 0 Å². The van der Waals surface area contributed by atoms with Crippen molar-refractivity contribution in [2.75, 3.05) is 0 Å². The van der Waals surface area contributed by atoms with Gasteiger partial charge in [-0.05, 0) is 85.9 Å². The van der Waals surface area contributed by atoms with Crippen LogP contribution in [0.5, 0.6) is 0 Å². The second-order valence-electron chi connectivity index (χ2n) is 11.6. The first-order chi connectivity index (χ1) is 14.4. The van der Waals surface area contributed by atoms with Crippen molar-refractivity contribution in [2.24, 2.45) is 34.5 Å². The van der Waals surface area contributed by atoms with Crippen molar-refractivity contribution in [1.29, 1.82) is 0 Å². The molecule has 0 aromatic carbocycles. The lowest BCUT2D eigenvalue weighted by Crippen LogP contribution is -2.46. The number of unbranched alkanes of at least 4 members (excludes halogenated alkanes) is 1. The largest absolute Gasteiger partial charge is 0.277 e. The number of hydroxylamine groups is 1. The van der Waals surface area contributed by atoms with Crippen LogP contribution >= 0.6 is 0 Å². The number of hydrogen-bond donors (Lipinski definition) is 1. The van der Waals surface area contributed by atoms with Crippen molar-refractivity contribution in [3.63, 3.8) is 0 Å². The van der Waals surface area contributed by atoms with Crippen molar-refractivity contribution in [3.8, 4) is 0 Å². The van der Waals surface area contributed by atoms with Crippen molar-refractivity contribution < 1.29 is 9.63 Å². The first-order valence-electron chi connectivity index (χ1n) is 12.6. The van der Waals surface area contributed by atoms with E-state index in [2.05, 4.69) is 45.3 Å². The summed E-state index contributed by atoms with van der Waals surface area (Å²) in [6, 6.07) is 0. The molecule has 3 heteroatoms. The van der Waals surface area contributed by atoms with E-state index in [1.807, 2.05) is 0 Å². The molecule has 0 aromatic heterocycles. The lowest BCUT2D eigenvalue weighted by Gasteiger charge is -2.55. The van der Waals surface area contributed by atoms with Crippen LogP contribution in [0.4, 0.5) is 0 Å².